The average Bonchev–Trinajstić information content (AvgIpc) is 2.94. The molecule has 1 aliphatic rings. The van der Waals surface area contributed by atoms with Crippen LogP contribution in [0.25, 0.3) is 0 Å². The lowest BCUT2D eigenvalue weighted by Crippen LogP contribution is -2.31. The van der Waals surface area contributed by atoms with Crippen LogP contribution in [0.2, 0.25) is 0 Å². The first-order valence-corrected chi connectivity index (χ1v) is 8.82. The van der Waals surface area contributed by atoms with Crippen LogP contribution >= 0.6 is 0 Å². The molecule has 1 aromatic carbocycles. The number of nitrogens with zero attached hydrogens (tertiary/aromatic N) is 1. The fraction of sp³-hybridized carbons (Fsp3) is 0.533. The Balaban J connectivity index is 1.84. The third-order valence-electron chi connectivity index (χ3n) is 3.90. The highest BCUT2D eigenvalue weighted by Crippen LogP contribution is 2.24. The molecular formula is C15H21NO4S. The Bertz CT molecular complexity index is 571. The number of hydrogen-bond donors (Lipinski definition) is 1. The third kappa shape index (κ3) is 4.82. The van der Waals surface area contributed by atoms with Crippen LogP contribution in [0.4, 0.5) is 0 Å². The van der Waals surface area contributed by atoms with Crippen LogP contribution in [0.15, 0.2) is 30.3 Å². The molecule has 0 spiro atoms. The second-order valence-electron chi connectivity index (χ2n) is 5.50. The molecule has 0 radical (unpaired) electrons. The Hall–Kier alpha value is -1.40. The molecule has 1 aromatic rings. The van der Waals surface area contributed by atoms with Gasteiger partial charge in [-0.1, -0.05) is 30.3 Å². The normalized spacial score (nSPS) is 19.7. The Kier molecular flexibility index (Phi) is 5.36. The maximum atomic E-state index is 12.3. The second kappa shape index (κ2) is 7.04. The highest BCUT2D eigenvalue weighted by molar-refractivity contribution is 7.89. The summed E-state index contributed by atoms with van der Waals surface area (Å²) in [6, 6.07) is 9.56. The van der Waals surface area contributed by atoms with Crippen LogP contribution in [-0.2, 0) is 21.2 Å². The number of rotatable bonds is 7. The number of hydrogen-bond acceptors (Lipinski definition) is 3. The van der Waals surface area contributed by atoms with Crippen molar-refractivity contribution >= 4 is 16.0 Å². The van der Waals surface area contributed by atoms with Crippen molar-refractivity contribution in [3.05, 3.63) is 35.9 Å². The van der Waals surface area contributed by atoms with Gasteiger partial charge in [0.05, 0.1) is 5.75 Å². The summed E-state index contributed by atoms with van der Waals surface area (Å²) < 4.78 is 26.1. The Morgan fingerprint density at radius 1 is 1.29 bits per heavy atom. The van der Waals surface area contributed by atoms with E-state index in [1.807, 2.05) is 30.3 Å². The predicted octanol–water partition coefficient (Wildman–Crippen LogP) is 1.75. The van der Waals surface area contributed by atoms with E-state index in [-0.39, 0.29) is 18.1 Å². The molecule has 1 heterocycles. The van der Waals surface area contributed by atoms with E-state index < -0.39 is 16.0 Å². The number of benzene rings is 1. The van der Waals surface area contributed by atoms with Crippen molar-refractivity contribution in [2.75, 3.05) is 18.8 Å². The van der Waals surface area contributed by atoms with E-state index in [4.69, 9.17) is 5.11 Å². The first-order valence-electron chi connectivity index (χ1n) is 7.21. The summed E-state index contributed by atoms with van der Waals surface area (Å²) in [4.78, 5) is 10.6. The van der Waals surface area contributed by atoms with Gasteiger partial charge in [-0.2, -0.15) is 0 Å². The topological polar surface area (TPSA) is 74.7 Å². The van der Waals surface area contributed by atoms with E-state index in [1.165, 1.54) is 4.31 Å². The molecule has 2 rings (SSSR count). The van der Waals surface area contributed by atoms with E-state index >= 15 is 0 Å². The monoisotopic (exact) mass is 311 g/mol. The molecule has 5 nitrogen and oxygen atoms in total. The molecule has 1 fully saturated rings. The molecule has 0 saturated carbocycles. The summed E-state index contributed by atoms with van der Waals surface area (Å²) in [5.41, 5.74) is 1.02. The van der Waals surface area contributed by atoms with E-state index in [0.717, 1.165) is 12.0 Å². The Labute approximate surface area is 125 Å². The summed E-state index contributed by atoms with van der Waals surface area (Å²) >= 11 is 0. The summed E-state index contributed by atoms with van der Waals surface area (Å²) in [7, 11) is -3.24. The van der Waals surface area contributed by atoms with Gasteiger partial charge >= 0.3 is 5.97 Å². The van der Waals surface area contributed by atoms with Crippen LogP contribution in [0.1, 0.15) is 24.8 Å². The Morgan fingerprint density at radius 2 is 2.00 bits per heavy atom. The van der Waals surface area contributed by atoms with Gasteiger partial charge in [0.2, 0.25) is 10.0 Å². The standard InChI is InChI=1S/C15H21NO4S/c17-15(18)7-6-14-8-10-16(12-14)21(19,20)11-9-13-4-2-1-3-5-13/h1-5,14H,6-12H2,(H,17,18). The molecule has 6 heteroatoms. The minimum absolute atomic E-state index is 0.114. The van der Waals surface area contributed by atoms with Crippen molar-refractivity contribution in [2.24, 2.45) is 5.92 Å². The van der Waals surface area contributed by atoms with Crippen molar-refractivity contribution in [2.45, 2.75) is 25.7 Å². The summed E-state index contributed by atoms with van der Waals surface area (Å²) in [6.07, 6.45) is 1.94. The van der Waals surface area contributed by atoms with E-state index in [1.54, 1.807) is 0 Å². The first-order chi connectivity index (χ1) is 9.97. The average molecular weight is 311 g/mol. The van der Waals surface area contributed by atoms with E-state index in [0.29, 0.717) is 25.9 Å². The minimum Gasteiger partial charge on any atom is -0.481 e. The van der Waals surface area contributed by atoms with Crippen molar-refractivity contribution in [3.8, 4) is 0 Å². The van der Waals surface area contributed by atoms with Crippen molar-refractivity contribution < 1.29 is 18.3 Å². The fourth-order valence-corrected chi connectivity index (χ4v) is 4.21. The molecule has 1 aliphatic heterocycles. The van der Waals surface area contributed by atoms with Crippen LogP contribution < -0.4 is 0 Å². The maximum absolute atomic E-state index is 12.3. The van der Waals surface area contributed by atoms with Gasteiger partial charge in [0.25, 0.3) is 0 Å². The van der Waals surface area contributed by atoms with Crippen molar-refractivity contribution in [3.63, 3.8) is 0 Å². The quantitative estimate of drug-likeness (QED) is 0.832. The van der Waals surface area contributed by atoms with Gasteiger partial charge in [-0.05, 0) is 30.7 Å². The van der Waals surface area contributed by atoms with Gasteiger partial charge in [0.1, 0.15) is 0 Å². The van der Waals surface area contributed by atoms with Gasteiger partial charge in [0.15, 0.2) is 0 Å². The number of aliphatic carboxylic acids is 1. The molecule has 1 atom stereocenters. The van der Waals surface area contributed by atoms with Crippen LogP contribution in [0.5, 0.6) is 0 Å². The summed E-state index contributed by atoms with van der Waals surface area (Å²) in [5.74, 6) is -0.532. The van der Waals surface area contributed by atoms with Crippen LogP contribution in [-0.4, -0.2) is 42.6 Å². The maximum Gasteiger partial charge on any atom is 0.303 e. The molecular weight excluding hydrogens is 290 g/mol. The van der Waals surface area contributed by atoms with E-state index in [2.05, 4.69) is 0 Å². The zero-order valence-electron chi connectivity index (χ0n) is 11.9. The Morgan fingerprint density at radius 3 is 2.67 bits per heavy atom. The molecule has 0 aromatic heterocycles. The number of sulfonamides is 1. The lowest BCUT2D eigenvalue weighted by molar-refractivity contribution is -0.137. The molecule has 0 aliphatic carbocycles. The zero-order valence-corrected chi connectivity index (χ0v) is 12.8. The van der Waals surface area contributed by atoms with Crippen LogP contribution in [0, 0.1) is 5.92 Å². The predicted molar refractivity (Wildman–Crippen MR) is 80.5 cm³/mol. The van der Waals surface area contributed by atoms with Crippen molar-refractivity contribution in [1.82, 2.24) is 4.31 Å². The largest absolute Gasteiger partial charge is 0.481 e. The molecule has 1 N–H and O–H groups in total. The SMILES string of the molecule is O=C(O)CCC1CCN(S(=O)(=O)CCc2ccccc2)C1. The summed E-state index contributed by atoms with van der Waals surface area (Å²) in [5, 5.41) is 8.68. The molecule has 116 valence electrons. The van der Waals surface area contributed by atoms with Gasteiger partial charge < -0.3 is 5.11 Å². The third-order valence-corrected chi connectivity index (χ3v) is 5.74. The van der Waals surface area contributed by atoms with Crippen molar-refractivity contribution in [1.29, 1.82) is 0 Å². The van der Waals surface area contributed by atoms with Gasteiger partial charge in [-0.3, -0.25) is 4.79 Å². The minimum atomic E-state index is -3.24. The van der Waals surface area contributed by atoms with Gasteiger partial charge in [0, 0.05) is 19.5 Å². The van der Waals surface area contributed by atoms with Crippen LogP contribution in [0.3, 0.4) is 0 Å². The van der Waals surface area contributed by atoms with Gasteiger partial charge in [-0.15, -0.1) is 0 Å². The molecule has 1 saturated heterocycles. The lowest BCUT2D eigenvalue weighted by atomic mass is 10.0. The first kappa shape index (κ1) is 16.0. The van der Waals surface area contributed by atoms with Gasteiger partial charge in [-0.25, -0.2) is 12.7 Å². The number of carbonyl (C=O) groups is 1. The highest BCUT2D eigenvalue weighted by Gasteiger charge is 2.31. The van der Waals surface area contributed by atoms with E-state index in [9.17, 15) is 13.2 Å². The highest BCUT2D eigenvalue weighted by atomic mass is 32.2. The molecule has 0 bridgehead atoms. The number of carboxylic acid groups (broad SMARTS) is 1. The number of aryl methyl sites for hydroxylation is 1. The number of carboxylic acids is 1. The molecule has 21 heavy (non-hydrogen) atoms. The summed E-state index contributed by atoms with van der Waals surface area (Å²) in [6.45, 7) is 0.978. The fourth-order valence-electron chi connectivity index (χ4n) is 2.63. The second-order valence-corrected chi connectivity index (χ2v) is 7.59. The zero-order chi connectivity index (χ0) is 15.3. The smallest absolute Gasteiger partial charge is 0.303 e. The molecule has 1 unspecified atom stereocenters. The molecule has 0 amide bonds. The lowest BCUT2D eigenvalue weighted by Gasteiger charge is -2.16.